The normalized spacial score (nSPS) is 15.2. The van der Waals surface area contributed by atoms with Crippen molar-refractivity contribution in [2.45, 2.75) is 38.7 Å². The van der Waals surface area contributed by atoms with Crippen LogP contribution in [0.3, 0.4) is 0 Å². The van der Waals surface area contributed by atoms with Gasteiger partial charge in [-0.1, -0.05) is 49.9 Å². The van der Waals surface area contributed by atoms with E-state index in [1.54, 1.807) is 31.4 Å². The number of aromatic nitrogens is 3. The first-order valence-corrected chi connectivity index (χ1v) is 15.5. The average Bonchev–Trinajstić information content (AvgIpc) is 3.54. The molecule has 9 nitrogen and oxygen atoms in total. The molecule has 1 unspecified atom stereocenters. The van der Waals surface area contributed by atoms with E-state index >= 15 is 4.39 Å². The topological polar surface area (TPSA) is 93.9 Å². The maximum Gasteiger partial charge on any atom is 0.573 e. The molecule has 0 saturated carbocycles. The summed E-state index contributed by atoms with van der Waals surface area (Å²) in [4.78, 5) is 23.3. The van der Waals surface area contributed by atoms with Crippen LogP contribution in [0.15, 0.2) is 78.0 Å². The third-order valence-electron chi connectivity index (χ3n) is 7.12. The van der Waals surface area contributed by atoms with Crippen molar-refractivity contribution in [3.63, 3.8) is 0 Å². The first-order chi connectivity index (χ1) is 22.0. The molecule has 2 heterocycles. The average molecular weight is 657 g/mol. The molecule has 1 aromatic heterocycles. The van der Waals surface area contributed by atoms with Crippen molar-refractivity contribution in [3.05, 3.63) is 84.2 Å². The summed E-state index contributed by atoms with van der Waals surface area (Å²) in [6, 6.07) is 16.9. The predicted molar refractivity (Wildman–Crippen MR) is 170 cm³/mol. The second-order valence-electron chi connectivity index (χ2n) is 10.7. The number of aliphatic imine (C=N–C) groups is 1. The Bertz CT molecular complexity index is 1680. The first-order valence-electron chi connectivity index (χ1n) is 14.5. The number of alkyl halides is 4. The van der Waals surface area contributed by atoms with Crippen LogP contribution in [0.25, 0.3) is 17.1 Å². The van der Waals surface area contributed by atoms with E-state index in [-0.39, 0.29) is 18.2 Å². The molecule has 1 aliphatic heterocycles. The van der Waals surface area contributed by atoms with Gasteiger partial charge in [-0.25, -0.2) is 18.9 Å². The van der Waals surface area contributed by atoms with Gasteiger partial charge >= 0.3 is 12.4 Å². The zero-order chi connectivity index (χ0) is 32.8. The van der Waals surface area contributed by atoms with Crippen LogP contribution >= 0.6 is 11.8 Å². The van der Waals surface area contributed by atoms with Crippen molar-refractivity contribution in [2.75, 3.05) is 30.9 Å². The Hall–Kier alpha value is -4.59. The summed E-state index contributed by atoms with van der Waals surface area (Å²) in [6.07, 6.45) is -3.91. The van der Waals surface area contributed by atoms with Gasteiger partial charge < -0.3 is 19.7 Å². The number of ether oxygens (including phenoxy) is 2. The number of hydrogen-bond donors (Lipinski definition) is 1. The fraction of sp³-hybridized carbons (Fsp3) is 0.312. The number of nitrogens with zero attached hydrogens (tertiary/aromatic N) is 5. The van der Waals surface area contributed by atoms with E-state index in [1.807, 2.05) is 23.1 Å². The third kappa shape index (κ3) is 8.16. The number of amides is 2. The molecule has 0 radical (unpaired) electrons. The lowest BCUT2D eigenvalue weighted by molar-refractivity contribution is -0.274. The molecule has 1 atom stereocenters. The maximum atomic E-state index is 15.1. The highest BCUT2D eigenvalue weighted by Crippen LogP contribution is 2.35. The van der Waals surface area contributed by atoms with E-state index in [0.29, 0.717) is 34.4 Å². The van der Waals surface area contributed by atoms with E-state index in [0.717, 1.165) is 29.2 Å². The Morgan fingerprint density at radius 1 is 1.07 bits per heavy atom. The lowest BCUT2D eigenvalue weighted by atomic mass is 10.00. The second kappa shape index (κ2) is 14.2. The standard InChI is InChI=1S/C32H32F4N6O3S/c1-20(2)26-17-25(44-3)13-14-28(26)41-15-4-16-46-31(41)39-30(43)37-18-27(33)21-5-7-22(8-6-21)29-38-19-42(40-29)23-9-11-24(12-10-23)45-32(34,35)36/h5-14,17,19-20,27H,4,15-16,18H2,1-3H3,(H,37,43). The molecule has 46 heavy (non-hydrogen) atoms. The highest BCUT2D eigenvalue weighted by molar-refractivity contribution is 8.14. The summed E-state index contributed by atoms with van der Waals surface area (Å²) in [7, 11) is 1.63. The Labute approximate surface area is 267 Å². The zero-order valence-electron chi connectivity index (χ0n) is 25.3. The lowest BCUT2D eigenvalue weighted by Crippen LogP contribution is -2.36. The largest absolute Gasteiger partial charge is 0.573 e. The van der Waals surface area contributed by atoms with Crippen molar-refractivity contribution in [2.24, 2.45) is 4.99 Å². The number of thioether (sulfide) groups is 1. The summed E-state index contributed by atoms with van der Waals surface area (Å²) < 4.78 is 63.0. The number of benzene rings is 3. The smallest absolute Gasteiger partial charge is 0.497 e. The molecule has 1 N–H and O–H groups in total. The highest BCUT2D eigenvalue weighted by atomic mass is 32.2. The minimum absolute atomic E-state index is 0.222. The fourth-order valence-electron chi connectivity index (χ4n) is 4.83. The number of methoxy groups -OCH3 is 1. The van der Waals surface area contributed by atoms with E-state index in [2.05, 4.69) is 39.0 Å². The minimum Gasteiger partial charge on any atom is -0.497 e. The first kappa shape index (κ1) is 32.8. The van der Waals surface area contributed by atoms with Crippen LogP contribution in [0.2, 0.25) is 0 Å². The Morgan fingerprint density at radius 2 is 1.78 bits per heavy atom. The number of carbonyl (C=O) groups is 1. The van der Waals surface area contributed by atoms with Crippen molar-refractivity contribution in [1.82, 2.24) is 20.1 Å². The molecule has 242 valence electrons. The highest BCUT2D eigenvalue weighted by Gasteiger charge is 2.31. The van der Waals surface area contributed by atoms with Gasteiger partial charge in [-0.15, -0.1) is 18.3 Å². The van der Waals surface area contributed by atoms with Gasteiger partial charge in [-0.3, -0.25) is 0 Å². The zero-order valence-corrected chi connectivity index (χ0v) is 26.1. The van der Waals surface area contributed by atoms with Crippen LogP contribution in [0.5, 0.6) is 11.5 Å². The number of anilines is 1. The molecule has 0 spiro atoms. The third-order valence-corrected chi connectivity index (χ3v) is 8.19. The number of hydrogen-bond acceptors (Lipinski definition) is 6. The summed E-state index contributed by atoms with van der Waals surface area (Å²) in [6.45, 7) is 4.64. The van der Waals surface area contributed by atoms with Crippen molar-refractivity contribution >= 4 is 28.6 Å². The van der Waals surface area contributed by atoms with Gasteiger partial charge in [0.15, 0.2) is 11.0 Å². The van der Waals surface area contributed by atoms with Gasteiger partial charge in [0.05, 0.1) is 19.3 Å². The van der Waals surface area contributed by atoms with Crippen LogP contribution in [-0.4, -0.2) is 58.3 Å². The van der Waals surface area contributed by atoms with E-state index in [4.69, 9.17) is 4.74 Å². The van der Waals surface area contributed by atoms with E-state index in [9.17, 15) is 18.0 Å². The monoisotopic (exact) mass is 656 g/mol. The van der Waals surface area contributed by atoms with Crippen LogP contribution in [0.1, 0.15) is 43.5 Å². The molecule has 0 bridgehead atoms. The second-order valence-corrected chi connectivity index (χ2v) is 11.7. The summed E-state index contributed by atoms with van der Waals surface area (Å²) in [5.74, 6) is 1.80. The summed E-state index contributed by atoms with van der Waals surface area (Å²) in [5.41, 5.74) is 3.48. The quantitative estimate of drug-likeness (QED) is 0.185. The number of nitrogens with one attached hydrogen (secondary N) is 1. The SMILES string of the molecule is COc1ccc(N2CCCSC2=NC(=O)NCC(F)c2ccc(-c3ncn(-c4ccc(OC(F)(F)F)cc4)n3)cc2)c(C(C)C)c1. The van der Waals surface area contributed by atoms with Gasteiger partial charge in [0.1, 0.15) is 24.0 Å². The number of urea groups is 1. The van der Waals surface area contributed by atoms with E-state index < -0.39 is 18.6 Å². The van der Waals surface area contributed by atoms with Gasteiger partial charge in [-0.2, -0.15) is 4.99 Å². The molecule has 2 amide bonds. The number of amidine groups is 1. The molecular weight excluding hydrogens is 624 g/mol. The Kier molecular flexibility index (Phi) is 10.1. The molecule has 1 fully saturated rings. The summed E-state index contributed by atoms with van der Waals surface area (Å²) in [5, 5.41) is 7.50. The fourth-order valence-corrected chi connectivity index (χ4v) is 5.78. The van der Waals surface area contributed by atoms with Crippen LogP contribution in [-0.2, 0) is 0 Å². The molecule has 1 aliphatic rings. The van der Waals surface area contributed by atoms with Crippen molar-refractivity contribution in [3.8, 4) is 28.6 Å². The molecule has 0 aliphatic carbocycles. The molecule has 3 aromatic carbocycles. The molecule has 14 heteroatoms. The van der Waals surface area contributed by atoms with Crippen molar-refractivity contribution in [1.29, 1.82) is 0 Å². The van der Waals surface area contributed by atoms with Crippen LogP contribution in [0, 0.1) is 0 Å². The molecule has 4 aromatic rings. The van der Waals surface area contributed by atoms with Gasteiger partial charge in [0.25, 0.3) is 0 Å². The van der Waals surface area contributed by atoms with Crippen LogP contribution < -0.4 is 19.7 Å². The van der Waals surface area contributed by atoms with Gasteiger partial charge in [0.2, 0.25) is 0 Å². The summed E-state index contributed by atoms with van der Waals surface area (Å²) >= 11 is 1.49. The predicted octanol–water partition coefficient (Wildman–Crippen LogP) is 7.68. The minimum atomic E-state index is -4.78. The number of carbonyl (C=O) groups excluding carboxylic acids is 1. The van der Waals surface area contributed by atoms with Gasteiger partial charge in [0, 0.05) is 23.5 Å². The Morgan fingerprint density at radius 3 is 2.46 bits per heavy atom. The van der Waals surface area contributed by atoms with Crippen LogP contribution in [0.4, 0.5) is 28.0 Å². The number of halogens is 4. The lowest BCUT2D eigenvalue weighted by Gasteiger charge is -2.32. The maximum absolute atomic E-state index is 15.1. The van der Waals surface area contributed by atoms with Crippen molar-refractivity contribution < 1.29 is 31.8 Å². The van der Waals surface area contributed by atoms with E-state index in [1.165, 1.54) is 47.0 Å². The molecule has 5 rings (SSSR count). The Balaban J connectivity index is 1.20. The number of rotatable bonds is 9. The van der Waals surface area contributed by atoms with Gasteiger partial charge in [-0.05, 0) is 65.9 Å². The molecule has 1 saturated heterocycles. The molecular formula is C32H32F4N6O3S.